The van der Waals surface area contributed by atoms with Gasteiger partial charge in [-0.1, -0.05) is 12.8 Å². The Labute approximate surface area is 92.4 Å². The fourth-order valence-electron chi connectivity index (χ4n) is 1.71. The van der Waals surface area contributed by atoms with E-state index < -0.39 is 0 Å². The normalized spacial score (nSPS) is 18.8. The van der Waals surface area contributed by atoms with Gasteiger partial charge in [-0.25, -0.2) is 0 Å². The number of carbonyl (C=O) groups excluding carboxylic acids is 1. The standard InChI is InChI=1S/C13H19O2/c1-11(13(14)15-2)7-6-10-12-8-4-3-5-9-12/h3,11-12H,4-5,7-9H2,1-2H3. The van der Waals surface area contributed by atoms with Crippen molar-refractivity contribution in [2.75, 3.05) is 7.11 Å². The number of carbonyl (C=O) groups is 1. The van der Waals surface area contributed by atoms with Crippen molar-refractivity contribution in [1.29, 1.82) is 0 Å². The van der Waals surface area contributed by atoms with Crippen LogP contribution in [0.5, 0.6) is 0 Å². The Bertz CT molecular complexity index is 253. The number of hydrogen-bond acceptors (Lipinski definition) is 2. The van der Waals surface area contributed by atoms with Crippen molar-refractivity contribution < 1.29 is 9.53 Å². The van der Waals surface area contributed by atoms with Crippen LogP contribution in [0.1, 0.15) is 39.0 Å². The average Bonchev–Trinajstić information content (AvgIpc) is 2.29. The predicted molar refractivity (Wildman–Crippen MR) is 59.8 cm³/mol. The van der Waals surface area contributed by atoms with Gasteiger partial charge in [0.05, 0.1) is 13.0 Å². The lowest BCUT2D eigenvalue weighted by Gasteiger charge is -2.15. The third kappa shape index (κ3) is 4.38. The van der Waals surface area contributed by atoms with Gasteiger partial charge in [0.15, 0.2) is 0 Å². The molecule has 1 aliphatic rings. The van der Waals surface area contributed by atoms with Crippen LogP contribution in [0.25, 0.3) is 0 Å². The van der Waals surface area contributed by atoms with Crippen molar-refractivity contribution in [3.63, 3.8) is 0 Å². The molecule has 2 heteroatoms. The second-order valence-corrected chi connectivity index (χ2v) is 4.09. The van der Waals surface area contributed by atoms with E-state index in [1.54, 1.807) is 0 Å². The maximum atomic E-state index is 11.1. The van der Waals surface area contributed by atoms with Crippen LogP contribution in [-0.4, -0.2) is 13.1 Å². The summed E-state index contributed by atoms with van der Waals surface area (Å²) < 4.78 is 4.64. The Balaban J connectivity index is 2.28. The summed E-state index contributed by atoms with van der Waals surface area (Å²) in [5.74, 6) is 6.64. The molecule has 83 valence electrons. The number of hydrogen-bond donors (Lipinski definition) is 0. The second kappa shape index (κ2) is 6.50. The van der Waals surface area contributed by atoms with E-state index in [0.717, 1.165) is 0 Å². The molecule has 0 amide bonds. The van der Waals surface area contributed by atoms with Gasteiger partial charge in [-0.2, -0.15) is 0 Å². The zero-order chi connectivity index (χ0) is 11.1. The van der Waals surface area contributed by atoms with Gasteiger partial charge in [-0.3, -0.25) is 4.79 Å². The quantitative estimate of drug-likeness (QED) is 0.514. The summed E-state index contributed by atoms with van der Waals surface area (Å²) in [6.07, 6.45) is 7.68. The molecular formula is C13H19O2. The molecule has 0 aliphatic heterocycles. The van der Waals surface area contributed by atoms with Crippen LogP contribution in [-0.2, 0) is 9.53 Å². The van der Waals surface area contributed by atoms with Crippen LogP contribution in [0.2, 0.25) is 0 Å². The maximum Gasteiger partial charge on any atom is 0.309 e. The van der Waals surface area contributed by atoms with Crippen LogP contribution < -0.4 is 0 Å². The largest absolute Gasteiger partial charge is 0.469 e. The van der Waals surface area contributed by atoms with Gasteiger partial charge in [0, 0.05) is 12.3 Å². The Kier molecular flexibility index (Phi) is 5.25. The SMILES string of the molecule is COC(=O)C(C)CC#CC1CC[CH]CC1. The van der Waals surface area contributed by atoms with E-state index in [1.807, 2.05) is 6.92 Å². The first-order chi connectivity index (χ1) is 7.24. The van der Waals surface area contributed by atoms with Crippen molar-refractivity contribution in [2.45, 2.75) is 39.0 Å². The third-order valence-electron chi connectivity index (χ3n) is 2.76. The summed E-state index contributed by atoms with van der Waals surface area (Å²) in [6.45, 7) is 1.86. The Morgan fingerprint density at radius 2 is 2.20 bits per heavy atom. The minimum atomic E-state index is -0.165. The van der Waals surface area contributed by atoms with Crippen molar-refractivity contribution in [3.05, 3.63) is 6.42 Å². The molecule has 0 saturated heterocycles. The number of rotatable bonds is 2. The van der Waals surface area contributed by atoms with Gasteiger partial charge in [0.1, 0.15) is 0 Å². The average molecular weight is 207 g/mol. The van der Waals surface area contributed by atoms with Crippen LogP contribution in [0.15, 0.2) is 0 Å². The molecule has 1 radical (unpaired) electrons. The van der Waals surface area contributed by atoms with Gasteiger partial charge in [-0.15, -0.1) is 5.92 Å². The molecule has 0 N–H and O–H groups in total. The van der Waals surface area contributed by atoms with Crippen LogP contribution in [0.4, 0.5) is 0 Å². The van der Waals surface area contributed by atoms with Crippen molar-refractivity contribution in [1.82, 2.24) is 0 Å². The van der Waals surface area contributed by atoms with E-state index in [0.29, 0.717) is 12.3 Å². The maximum absolute atomic E-state index is 11.1. The molecule has 2 nitrogen and oxygen atoms in total. The Morgan fingerprint density at radius 1 is 1.53 bits per heavy atom. The summed E-state index contributed by atoms with van der Waals surface area (Å²) >= 11 is 0. The van der Waals surface area contributed by atoms with Crippen LogP contribution in [0.3, 0.4) is 0 Å². The highest BCUT2D eigenvalue weighted by Gasteiger charge is 2.12. The molecule has 0 aromatic rings. The van der Waals surface area contributed by atoms with Crippen molar-refractivity contribution in [2.24, 2.45) is 11.8 Å². The van der Waals surface area contributed by atoms with Crippen LogP contribution >= 0.6 is 0 Å². The van der Waals surface area contributed by atoms with Gasteiger partial charge in [0.2, 0.25) is 0 Å². The van der Waals surface area contributed by atoms with Crippen molar-refractivity contribution >= 4 is 5.97 Å². The fraction of sp³-hybridized carbons (Fsp3) is 0.692. The molecule has 1 rings (SSSR count). The van der Waals surface area contributed by atoms with Gasteiger partial charge in [0.25, 0.3) is 0 Å². The molecule has 0 aromatic heterocycles. The Morgan fingerprint density at radius 3 is 2.80 bits per heavy atom. The molecule has 0 spiro atoms. The lowest BCUT2D eigenvalue weighted by Crippen LogP contribution is -2.11. The highest BCUT2D eigenvalue weighted by Crippen LogP contribution is 2.21. The van der Waals surface area contributed by atoms with E-state index in [1.165, 1.54) is 32.8 Å². The highest BCUT2D eigenvalue weighted by atomic mass is 16.5. The first kappa shape index (κ1) is 12.1. The zero-order valence-electron chi connectivity index (χ0n) is 9.58. The van der Waals surface area contributed by atoms with E-state index >= 15 is 0 Å². The predicted octanol–water partition coefficient (Wildman–Crippen LogP) is 2.58. The first-order valence-electron chi connectivity index (χ1n) is 5.62. The smallest absolute Gasteiger partial charge is 0.309 e. The summed E-state index contributed by atoms with van der Waals surface area (Å²) in [4.78, 5) is 11.1. The summed E-state index contributed by atoms with van der Waals surface area (Å²) in [7, 11) is 1.42. The van der Waals surface area contributed by atoms with E-state index in [9.17, 15) is 4.79 Å². The summed E-state index contributed by atoms with van der Waals surface area (Å²) in [5.41, 5.74) is 0. The van der Waals surface area contributed by atoms with Crippen LogP contribution in [0, 0.1) is 30.1 Å². The first-order valence-corrected chi connectivity index (χ1v) is 5.62. The van der Waals surface area contributed by atoms with Gasteiger partial charge in [-0.05, 0) is 32.1 Å². The number of ether oxygens (including phenoxy) is 1. The molecule has 15 heavy (non-hydrogen) atoms. The van der Waals surface area contributed by atoms with E-state index in [2.05, 4.69) is 23.0 Å². The van der Waals surface area contributed by atoms with Crippen molar-refractivity contribution in [3.8, 4) is 11.8 Å². The minimum Gasteiger partial charge on any atom is -0.469 e. The highest BCUT2D eigenvalue weighted by molar-refractivity contribution is 5.72. The fourth-order valence-corrected chi connectivity index (χ4v) is 1.71. The summed E-state index contributed by atoms with van der Waals surface area (Å²) in [5, 5.41) is 0. The minimum absolute atomic E-state index is 0.0994. The molecule has 1 fully saturated rings. The molecule has 0 bridgehead atoms. The molecule has 1 unspecified atom stereocenters. The van der Waals surface area contributed by atoms with Gasteiger partial charge < -0.3 is 4.74 Å². The van der Waals surface area contributed by atoms with Gasteiger partial charge >= 0.3 is 5.97 Å². The lowest BCUT2D eigenvalue weighted by atomic mass is 9.89. The molecule has 1 aliphatic carbocycles. The molecular weight excluding hydrogens is 188 g/mol. The number of methoxy groups -OCH3 is 1. The summed E-state index contributed by atoms with van der Waals surface area (Å²) in [6, 6.07) is 0. The topological polar surface area (TPSA) is 26.3 Å². The Hall–Kier alpha value is -0.970. The zero-order valence-corrected chi connectivity index (χ0v) is 9.58. The van der Waals surface area contributed by atoms with E-state index in [4.69, 9.17) is 0 Å². The molecule has 0 heterocycles. The second-order valence-electron chi connectivity index (χ2n) is 4.09. The molecule has 1 saturated carbocycles. The number of esters is 1. The molecule has 1 atom stereocenters. The van der Waals surface area contributed by atoms with E-state index in [-0.39, 0.29) is 11.9 Å². The lowest BCUT2D eigenvalue weighted by molar-refractivity contribution is -0.144. The third-order valence-corrected chi connectivity index (χ3v) is 2.76. The monoisotopic (exact) mass is 207 g/mol. The molecule has 0 aromatic carbocycles.